The van der Waals surface area contributed by atoms with E-state index in [9.17, 15) is 4.79 Å². The largest absolute Gasteiger partial charge is 0.513 e. The van der Waals surface area contributed by atoms with Crippen molar-refractivity contribution in [1.29, 1.82) is 0 Å². The van der Waals surface area contributed by atoms with Crippen molar-refractivity contribution in [1.82, 2.24) is 5.32 Å². The van der Waals surface area contributed by atoms with E-state index in [1.165, 1.54) is 5.56 Å². The number of hydrogen-bond acceptors (Lipinski definition) is 7. The molecule has 1 aromatic rings. The van der Waals surface area contributed by atoms with Crippen molar-refractivity contribution in [3.05, 3.63) is 40.1 Å². The van der Waals surface area contributed by atoms with E-state index in [0.29, 0.717) is 24.7 Å². The molecular formula is C23H31NO6. The number of ether oxygens (including phenoxy) is 5. The maximum atomic E-state index is 12.3. The summed E-state index contributed by atoms with van der Waals surface area (Å²) in [4.78, 5) is 12.3. The van der Waals surface area contributed by atoms with Crippen LogP contribution in [0.3, 0.4) is 0 Å². The van der Waals surface area contributed by atoms with Crippen LogP contribution in [0.2, 0.25) is 0 Å². The van der Waals surface area contributed by atoms with Gasteiger partial charge in [0, 0.05) is 18.4 Å². The molecule has 1 saturated heterocycles. The fourth-order valence-electron chi connectivity index (χ4n) is 4.42. The van der Waals surface area contributed by atoms with Crippen molar-refractivity contribution < 1.29 is 28.5 Å². The Morgan fingerprint density at radius 1 is 1.07 bits per heavy atom. The number of rotatable bonds is 3. The Morgan fingerprint density at radius 2 is 1.73 bits per heavy atom. The van der Waals surface area contributed by atoms with Crippen LogP contribution in [0.4, 0.5) is 4.79 Å². The van der Waals surface area contributed by atoms with Crippen LogP contribution in [0.5, 0.6) is 0 Å². The van der Waals surface area contributed by atoms with Gasteiger partial charge in [-0.15, -0.1) is 0 Å². The van der Waals surface area contributed by atoms with Crippen LogP contribution in [0.1, 0.15) is 54.9 Å². The van der Waals surface area contributed by atoms with Gasteiger partial charge in [0.25, 0.3) is 0 Å². The summed E-state index contributed by atoms with van der Waals surface area (Å²) in [6.07, 6.45) is 3.21. The normalized spacial score (nSPS) is 22.3. The molecule has 2 aliphatic heterocycles. The predicted octanol–water partition coefficient (Wildman–Crippen LogP) is 4.09. The van der Waals surface area contributed by atoms with Gasteiger partial charge in [0.15, 0.2) is 17.3 Å². The summed E-state index contributed by atoms with van der Waals surface area (Å²) >= 11 is 0. The van der Waals surface area contributed by atoms with Crippen molar-refractivity contribution in [2.24, 2.45) is 0 Å². The summed E-state index contributed by atoms with van der Waals surface area (Å²) in [5.41, 5.74) is 3.44. The third-order valence-electron chi connectivity index (χ3n) is 6.33. The Hall–Kier alpha value is -2.09. The van der Waals surface area contributed by atoms with Crippen LogP contribution >= 0.6 is 0 Å². The van der Waals surface area contributed by atoms with Crippen LogP contribution in [0, 0.1) is 20.8 Å². The fourth-order valence-corrected chi connectivity index (χ4v) is 4.42. The molecule has 1 N–H and O–H groups in total. The highest BCUT2D eigenvalue weighted by Crippen LogP contribution is 2.43. The topological polar surface area (TPSA) is 75.3 Å². The Bertz CT molecular complexity index is 845. The van der Waals surface area contributed by atoms with Crippen LogP contribution < -0.4 is 5.32 Å². The number of benzene rings is 1. The predicted molar refractivity (Wildman–Crippen MR) is 111 cm³/mol. The molecule has 2 fully saturated rings. The molecule has 2 spiro atoms. The minimum Gasteiger partial charge on any atom is -0.474 e. The smallest absolute Gasteiger partial charge is 0.474 e. The SMILES string of the molecule is CCOC(=O)OC1=C(c2cc(C)c(C)cc2C)OCNC12COC1(CCCC1)OC2. The molecule has 1 aromatic carbocycles. The van der Waals surface area contributed by atoms with Crippen LogP contribution in [0.25, 0.3) is 5.76 Å². The van der Waals surface area contributed by atoms with Crippen molar-refractivity contribution in [3.8, 4) is 0 Å². The molecule has 0 radical (unpaired) electrons. The van der Waals surface area contributed by atoms with Crippen molar-refractivity contribution in [2.75, 3.05) is 26.6 Å². The first kappa shape index (κ1) is 21.2. The lowest BCUT2D eigenvalue weighted by atomic mass is 9.91. The monoisotopic (exact) mass is 417 g/mol. The Kier molecular flexibility index (Phi) is 5.79. The van der Waals surface area contributed by atoms with E-state index in [2.05, 4.69) is 31.3 Å². The minimum absolute atomic E-state index is 0.224. The molecule has 164 valence electrons. The van der Waals surface area contributed by atoms with Gasteiger partial charge in [0.1, 0.15) is 12.3 Å². The number of aryl methyl sites for hydroxylation is 3. The van der Waals surface area contributed by atoms with Crippen molar-refractivity contribution in [2.45, 2.75) is 64.7 Å². The van der Waals surface area contributed by atoms with E-state index in [1.807, 2.05) is 6.92 Å². The summed E-state index contributed by atoms with van der Waals surface area (Å²) in [5.74, 6) is 0.361. The summed E-state index contributed by atoms with van der Waals surface area (Å²) in [7, 11) is 0. The zero-order chi connectivity index (χ0) is 21.4. The molecule has 4 rings (SSSR count). The number of carbonyl (C=O) groups is 1. The average molecular weight is 418 g/mol. The Balaban J connectivity index is 1.75. The Morgan fingerprint density at radius 3 is 2.40 bits per heavy atom. The van der Waals surface area contributed by atoms with Gasteiger partial charge in [-0.2, -0.15) is 0 Å². The number of hydrogen-bond donors (Lipinski definition) is 1. The highest BCUT2D eigenvalue weighted by Gasteiger charge is 2.52. The molecule has 0 amide bonds. The van der Waals surface area contributed by atoms with Gasteiger partial charge < -0.3 is 23.7 Å². The maximum Gasteiger partial charge on any atom is 0.513 e. The second-order valence-corrected chi connectivity index (χ2v) is 8.44. The van der Waals surface area contributed by atoms with Crippen LogP contribution in [-0.2, 0) is 23.7 Å². The van der Waals surface area contributed by atoms with Gasteiger partial charge in [-0.1, -0.05) is 6.07 Å². The molecule has 0 unspecified atom stereocenters. The molecule has 3 aliphatic rings. The van der Waals surface area contributed by atoms with Gasteiger partial charge in [-0.3, -0.25) is 5.32 Å². The molecular weight excluding hydrogens is 386 g/mol. The highest BCUT2D eigenvalue weighted by molar-refractivity contribution is 5.72. The van der Waals surface area contributed by atoms with Crippen LogP contribution in [0.15, 0.2) is 17.9 Å². The van der Waals surface area contributed by atoms with Gasteiger partial charge >= 0.3 is 6.16 Å². The highest BCUT2D eigenvalue weighted by atomic mass is 16.7. The van der Waals surface area contributed by atoms with Gasteiger partial charge in [-0.05, 0) is 63.3 Å². The van der Waals surface area contributed by atoms with E-state index in [4.69, 9.17) is 23.7 Å². The summed E-state index contributed by atoms with van der Waals surface area (Å²) in [6.45, 7) is 9.04. The number of nitrogens with one attached hydrogen (secondary N) is 1. The van der Waals surface area contributed by atoms with E-state index in [0.717, 1.165) is 42.4 Å². The van der Waals surface area contributed by atoms with E-state index >= 15 is 0 Å². The van der Waals surface area contributed by atoms with E-state index in [-0.39, 0.29) is 13.3 Å². The molecule has 7 heteroatoms. The van der Waals surface area contributed by atoms with Crippen LogP contribution in [-0.4, -0.2) is 44.0 Å². The molecule has 1 aliphatic carbocycles. The average Bonchev–Trinajstić information content (AvgIpc) is 3.18. The molecule has 0 bridgehead atoms. The maximum absolute atomic E-state index is 12.3. The van der Waals surface area contributed by atoms with Crippen molar-refractivity contribution in [3.63, 3.8) is 0 Å². The standard InChI is InChI=1S/C23H31NO6/c1-5-26-21(25)30-20-19(18-11-16(3)15(2)10-17(18)4)27-14-24-22(20)12-28-23(29-13-22)8-6-7-9-23/h10-11,24H,5-9,12-14H2,1-4H3. The zero-order valence-electron chi connectivity index (χ0n) is 18.3. The fraction of sp³-hybridized carbons (Fsp3) is 0.609. The lowest BCUT2D eigenvalue weighted by Crippen LogP contribution is -2.63. The molecule has 0 aromatic heterocycles. The van der Waals surface area contributed by atoms with Crippen molar-refractivity contribution >= 4 is 11.9 Å². The lowest BCUT2D eigenvalue weighted by Gasteiger charge is -2.47. The quantitative estimate of drug-likeness (QED) is 0.743. The summed E-state index contributed by atoms with van der Waals surface area (Å²) in [6, 6.07) is 4.18. The first-order valence-corrected chi connectivity index (χ1v) is 10.7. The molecule has 2 heterocycles. The molecule has 1 saturated carbocycles. The van der Waals surface area contributed by atoms with Gasteiger partial charge in [0.05, 0.1) is 19.8 Å². The molecule has 0 atom stereocenters. The molecule has 7 nitrogen and oxygen atoms in total. The minimum atomic E-state index is -0.820. The first-order chi connectivity index (χ1) is 14.4. The van der Waals surface area contributed by atoms with E-state index < -0.39 is 17.5 Å². The summed E-state index contributed by atoms with van der Waals surface area (Å²) < 4.78 is 29.3. The Labute approximate surface area is 177 Å². The summed E-state index contributed by atoms with van der Waals surface area (Å²) in [5, 5.41) is 3.32. The first-order valence-electron chi connectivity index (χ1n) is 10.7. The molecule has 30 heavy (non-hydrogen) atoms. The third-order valence-corrected chi connectivity index (χ3v) is 6.33. The lowest BCUT2D eigenvalue weighted by molar-refractivity contribution is -0.287. The second-order valence-electron chi connectivity index (χ2n) is 8.44. The van der Waals surface area contributed by atoms with Gasteiger partial charge in [-0.25, -0.2) is 4.79 Å². The number of carbonyl (C=O) groups excluding carboxylic acids is 1. The second kappa shape index (κ2) is 8.21. The van der Waals surface area contributed by atoms with Gasteiger partial charge in [0.2, 0.25) is 0 Å². The third kappa shape index (κ3) is 3.82. The zero-order valence-corrected chi connectivity index (χ0v) is 18.3. The van der Waals surface area contributed by atoms with E-state index in [1.54, 1.807) is 6.92 Å².